The van der Waals surface area contributed by atoms with Crippen molar-refractivity contribution in [2.45, 2.75) is 32.6 Å². The van der Waals surface area contributed by atoms with Crippen molar-refractivity contribution in [2.75, 3.05) is 13.7 Å². The van der Waals surface area contributed by atoms with Gasteiger partial charge in [0, 0.05) is 18.7 Å². The highest BCUT2D eigenvalue weighted by molar-refractivity contribution is 6.07. The number of aromatic nitrogens is 1. The van der Waals surface area contributed by atoms with E-state index in [1.165, 1.54) is 6.20 Å². The molecular formula is C18H25N3O4. The smallest absolute Gasteiger partial charge is 0.306 e. The largest absolute Gasteiger partial charge is 0.492 e. The van der Waals surface area contributed by atoms with Gasteiger partial charge in [-0.1, -0.05) is 12.8 Å². The van der Waals surface area contributed by atoms with Crippen molar-refractivity contribution < 1.29 is 19.4 Å². The van der Waals surface area contributed by atoms with Crippen molar-refractivity contribution in [1.29, 1.82) is 0 Å². The second kappa shape index (κ2) is 8.50. The Morgan fingerprint density at radius 3 is 2.64 bits per heavy atom. The number of hydrogen-bond donors (Lipinski definition) is 3. The molecule has 1 aromatic heterocycles. The fourth-order valence-electron chi connectivity index (χ4n) is 3.15. The van der Waals surface area contributed by atoms with E-state index in [1.54, 1.807) is 26.1 Å². The van der Waals surface area contributed by atoms with Crippen LogP contribution >= 0.6 is 0 Å². The normalized spacial score (nSPS) is 21.2. The third kappa shape index (κ3) is 4.71. The third-order valence-corrected chi connectivity index (χ3v) is 4.53. The molecule has 4 N–H and O–H groups in total. The molecule has 2 rings (SSSR count). The Morgan fingerprint density at radius 1 is 1.36 bits per heavy atom. The first kappa shape index (κ1) is 18.8. The molecule has 0 bridgehead atoms. The topological polar surface area (TPSA) is 115 Å². The number of carboxylic acid groups (broad SMARTS) is 1. The predicted octanol–water partition coefficient (Wildman–Crippen LogP) is 1.94. The number of carbonyl (C=O) groups excluding carboxylic acids is 1. The zero-order chi connectivity index (χ0) is 18.4. The van der Waals surface area contributed by atoms with Gasteiger partial charge in [-0.05, 0) is 31.9 Å². The minimum absolute atomic E-state index is 0.00581. The number of rotatable bonds is 7. The number of carboxylic acids is 1. The van der Waals surface area contributed by atoms with Gasteiger partial charge in [-0.2, -0.15) is 0 Å². The molecule has 1 aromatic rings. The lowest BCUT2D eigenvalue weighted by Gasteiger charge is -2.28. The van der Waals surface area contributed by atoms with Gasteiger partial charge in [-0.3, -0.25) is 9.59 Å². The van der Waals surface area contributed by atoms with Gasteiger partial charge < -0.3 is 20.9 Å². The highest BCUT2D eigenvalue weighted by atomic mass is 16.5. The van der Waals surface area contributed by atoms with Gasteiger partial charge in [-0.25, -0.2) is 4.98 Å². The van der Waals surface area contributed by atoms with Gasteiger partial charge in [-0.15, -0.1) is 0 Å². The van der Waals surface area contributed by atoms with E-state index in [1.807, 2.05) is 0 Å². The summed E-state index contributed by atoms with van der Waals surface area (Å²) in [7, 11) is 1.63. The molecule has 7 heteroatoms. The molecule has 0 spiro atoms. The molecule has 2 unspecified atom stereocenters. The molecule has 7 nitrogen and oxygen atoms in total. The van der Waals surface area contributed by atoms with E-state index in [2.05, 4.69) is 10.3 Å². The van der Waals surface area contributed by atoms with Crippen LogP contribution in [-0.2, 0) is 4.79 Å². The molecule has 1 heterocycles. The van der Waals surface area contributed by atoms with E-state index in [4.69, 9.17) is 10.5 Å². The van der Waals surface area contributed by atoms with Crippen molar-refractivity contribution in [3.63, 3.8) is 0 Å². The molecule has 0 radical (unpaired) electrons. The van der Waals surface area contributed by atoms with Crippen LogP contribution in [0.5, 0.6) is 5.75 Å². The van der Waals surface area contributed by atoms with Crippen LogP contribution in [0, 0.1) is 11.8 Å². The summed E-state index contributed by atoms with van der Waals surface area (Å²) in [6, 6.07) is 3.24. The molecule has 1 aliphatic rings. The molecular weight excluding hydrogens is 322 g/mol. The third-order valence-electron chi connectivity index (χ3n) is 4.53. The first-order valence-corrected chi connectivity index (χ1v) is 8.44. The maximum Gasteiger partial charge on any atom is 0.306 e. The molecule has 0 saturated heterocycles. The van der Waals surface area contributed by atoms with Gasteiger partial charge in [0.1, 0.15) is 17.1 Å². The van der Waals surface area contributed by atoms with Crippen LogP contribution in [0.15, 0.2) is 29.7 Å². The fraction of sp³-hybridized carbons (Fsp3) is 0.500. The molecule has 136 valence electrons. The monoisotopic (exact) mass is 347 g/mol. The summed E-state index contributed by atoms with van der Waals surface area (Å²) in [4.78, 5) is 27.7. The summed E-state index contributed by atoms with van der Waals surface area (Å²) in [5.41, 5.74) is 6.65. The molecule has 0 amide bonds. The zero-order valence-corrected chi connectivity index (χ0v) is 14.6. The van der Waals surface area contributed by atoms with E-state index in [0.29, 0.717) is 30.2 Å². The quantitative estimate of drug-likeness (QED) is 0.510. The molecule has 25 heavy (non-hydrogen) atoms. The zero-order valence-electron chi connectivity index (χ0n) is 14.6. The summed E-state index contributed by atoms with van der Waals surface area (Å²) in [5, 5.41) is 12.1. The van der Waals surface area contributed by atoms with E-state index in [9.17, 15) is 14.7 Å². The van der Waals surface area contributed by atoms with E-state index in [0.717, 1.165) is 19.3 Å². The Hall–Kier alpha value is -2.57. The minimum atomic E-state index is -0.754. The standard InChI is InChI=1S/C18H25N3O4/c1-11(19)16(20-2)17(22)15-8-7-13(9-21-15)25-10-12-5-3-4-6-14(12)18(23)24/h7-9,12,14,20H,3-6,10,19H2,1-2H3,(H,23,24)/b16-11+. The number of ketones is 1. The van der Waals surface area contributed by atoms with Crippen LogP contribution in [-0.4, -0.2) is 35.5 Å². The Morgan fingerprint density at radius 2 is 2.08 bits per heavy atom. The van der Waals surface area contributed by atoms with E-state index < -0.39 is 5.97 Å². The van der Waals surface area contributed by atoms with Crippen molar-refractivity contribution >= 4 is 11.8 Å². The lowest BCUT2D eigenvalue weighted by atomic mass is 9.80. The number of aliphatic carboxylic acids is 1. The van der Waals surface area contributed by atoms with Gasteiger partial charge in [0.05, 0.1) is 18.7 Å². The molecule has 1 aliphatic carbocycles. The van der Waals surface area contributed by atoms with Crippen LogP contribution in [0.1, 0.15) is 43.1 Å². The summed E-state index contributed by atoms with van der Waals surface area (Å²) in [5.74, 6) is -0.862. The number of nitrogens with two attached hydrogens (primary N) is 1. The highest BCUT2D eigenvalue weighted by Gasteiger charge is 2.31. The van der Waals surface area contributed by atoms with Crippen LogP contribution in [0.4, 0.5) is 0 Å². The number of nitrogens with one attached hydrogen (secondary N) is 1. The Bertz CT molecular complexity index is 651. The van der Waals surface area contributed by atoms with Crippen molar-refractivity contribution in [2.24, 2.45) is 17.6 Å². The number of likely N-dealkylation sites (N-methyl/N-ethyl adjacent to an activating group) is 1. The van der Waals surface area contributed by atoms with Crippen molar-refractivity contribution in [1.82, 2.24) is 10.3 Å². The Kier molecular flexibility index (Phi) is 6.38. The Labute approximate surface area is 147 Å². The number of ether oxygens (including phenoxy) is 1. The van der Waals surface area contributed by atoms with Crippen LogP contribution < -0.4 is 15.8 Å². The summed E-state index contributed by atoms with van der Waals surface area (Å²) >= 11 is 0. The summed E-state index contributed by atoms with van der Waals surface area (Å²) < 4.78 is 5.71. The van der Waals surface area contributed by atoms with Gasteiger partial charge >= 0.3 is 5.97 Å². The number of pyridine rings is 1. The van der Waals surface area contributed by atoms with Crippen molar-refractivity contribution in [3.8, 4) is 5.75 Å². The van der Waals surface area contributed by atoms with Crippen LogP contribution in [0.3, 0.4) is 0 Å². The minimum Gasteiger partial charge on any atom is -0.492 e. The SMILES string of the molecule is CN/C(C(=O)c1ccc(OCC2CCCCC2C(=O)O)cn1)=C(\C)N. The average molecular weight is 347 g/mol. The second-order valence-electron chi connectivity index (χ2n) is 6.32. The number of carbonyl (C=O) groups is 2. The summed E-state index contributed by atoms with van der Waals surface area (Å²) in [6.45, 7) is 1.99. The fourth-order valence-corrected chi connectivity index (χ4v) is 3.15. The molecule has 0 aromatic carbocycles. The summed E-state index contributed by atoms with van der Waals surface area (Å²) in [6.07, 6.45) is 5.01. The first-order chi connectivity index (χ1) is 11.9. The molecule has 1 fully saturated rings. The van der Waals surface area contributed by atoms with Gasteiger partial charge in [0.2, 0.25) is 5.78 Å². The molecule has 2 atom stereocenters. The highest BCUT2D eigenvalue weighted by Crippen LogP contribution is 2.30. The number of hydrogen-bond acceptors (Lipinski definition) is 6. The number of nitrogens with zero attached hydrogens (tertiary/aromatic N) is 1. The maximum absolute atomic E-state index is 12.3. The van der Waals surface area contributed by atoms with E-state index >= 15 is 0 Å². The average Bonchev–Trinajstić information content (AvgIpc) is 2.60. The van der Waals surface area contributed by atoms with Crippen molar-refractivity contribution in [3.05, 3.63) is 35.4 Å². The van der Waals surface area contributed by atoms with Crippen LogP contribution in [0.2, 0.25) is 0 Å². The predicted molar refractivity (Wildman–Crippen MR) is 93.1 cm³/mol. The number of Topliss-reactive ketones (excluding diaryl/α,β-unsaturated/α-hetero) is 1. The molecule has 0 aliphatic heterocycles. The lowest BCUT2D eigenvalue weighted by Crippen LogP contribution is -2.31. The second-order valence-corrected chi connectivity index (χ2v) is 6.32. The van der Waals surface area contributed by atoms with Gasteiger partial charge in [0.25, 0.3) is 0 Å². The Balaban J connectivity index is 1.99. The molecule has 1 saturated carbocycles. The number of allylic oxidation sites excluding steroid dienone is 2. The lowest BCUT2D eigenvalue weighted by molar-refractivity contribution is -0.145. The van der Waals surface area contributed by atoms with E-state index in [-0.39, 0.29) is 23.3 Å². The van der Waals surface area contributed by atoms with Gasteiger partial charge in [0.15, 0.2) is 0 Å². The van der Waals surface area contributed by atoms with Crippen LogP contribution in [0.25, 0.3) is 0 Å². The first-order valence-electron chi connectivity index (χ1n) is 8.44. The maximum atomic E-state index is 12.3.